The second-order valence-electron chi connectivity index (χ2n) is 10.5. The lowest BCUT2D eigenvalue weighted by Gasteiger charge is -2.35. The van der Waals surface area contributed by atoms with Gasteiger partial charge in [-0.25, -0.2) is 9.07 Å². The van der Waals surface area contributed by atoms with E-state index < -0.39 is 0 Å². The van der Waals surface area contributed by atoms with Gasteiger partial charge >= 0.3 is 0 Å². The molecule has 0 fully saturated rings. The largest absolute Gasteiger partial charge is 0.321 e. The maximum atomic E-state index is 13.6. The molecule has 1 unspecified atom stereocenters. The van der Waals surface area contributed by atoms with Gasteiger partial charge in [0, 0.05) is 18.7 Å². The summed E-state index contributed by atoms with van der Waals surface area (Å²) in [5, 5.41) is 13.8. The number of fused-ring (bicyclic) bond motifs is 1. The number of pyridine rings is 1. The Morgan fingerprint density at radius 1 is 1.11 bits per heavy atom. The van der Waals surface area contributed by atoms with E-state index in [4.69, 9.17) is 0 Å². The molecule has 36 heavy (non-hydrogen) atoms. The van der Waals surface area contributed by atoms with Crippen molar-refractivity contribution in [3.05, 3.63) is 87.2 Å². The fraction of sp³-hybridized carbons (Fsp3) is 0.429. The molecule has 0 aliphatic heterocycles. The van der Waals surface area contributed by atoms with Crippen molar-refractivity contribution in [3.8, 4) is 0 Å². The molecule has 0 bridgehead atoms. The zero-order valence-corrected chi connectivity index (χ0v) is 21.9. The lowest BCUT2D eigenvalue weighted by molar-refractivity contribution is 0.117. The number of hydrogen-bond donors (Lipinski definition) is 1. The van der Waals surface area contributed by atoms with Crippen molar-refractivity contribution in [1.29, 1.82) is 0 Å². The summed E-state index contributed by atoms with van der Waals surface area (Å²) in [7, 11) is 0. The van der Waals surface area contributed by atoms with E-state index in [-0.39, 0.29) is 28.9 Å². The van der Waals surface area contributed by atoms with Gasteiger partial charge in [-0.3, -0.25) is 9.69 Å². The molecule has 1 N–H and O–H groups in total. The number of para-hydroxylation sites is 1. The topological polar surface area (TPSA) is 79.7 Å². The standard InChI is InChI=1S/C28H35FN6O/c1-7-28(5,6)35-26(31-32-33-35)25(18(2)3)34(16-20-11-13-23(29)14-12-20)17-22-15-21-10-8-9-19(4)24(21)30-27(22)36/h8-15,18,25H,7,16-17H2,1-6H3,(H,30,36). The number of nitrogens with one attached hydrogen (secondary N) is 1. The Morgan fingerprint density at radius 2 is 1.83 bits per heavy atom. The minimum Gasteiger partial charge on any atom is -0.321 e. The molecule has 2 heterocycles. The summed E-state index contributed by atoms with van der Waals surface area (Å²) in [6, 6.07) is 14.3. The highest BCUT2D eigenvalue weighted by atomic mass is 19.1. The predicted molar refractivity (Wildman–Crippen MR) is 140 cm³/mol. The second-order valence-corrected chi connectivity index (χ2v) is 10.5. The molecule has 0 saturated heterocycles. The number of aromatic nitrogens is 5. The van der Waals surface area contributed by atoms with Crippen molar-refractivity contribution in [3.63, 3.8) is 0 Å². The molecule has 2 aromatic carbocycles. The third kappa shape index (κ3) is 5.23. The van der Waals surface area contributed by atoms with Crippen molar-refractivity contribution in [1.82, 2.24) is 30.1 Å². The molecule has 0 radical (unpaired) electrons. The zero-order valence-electron chi connectivity index (χ0n) is 21.9. The van der Waals surface area contributed by atoms with Gasteiger partial charge in [-0.2, -0.15) is 0 Å². The van der Waals surface area contributed by atoms with Gasteiger partial charge in [-0.05, 0) is 78.2 Å². The smallest absolute Gasteiger partial charge is 0.252 e. The van der Waals surface area contributed by atoms with Gasteiger partial charge in [0.15, 0.2) is 5.82 Å². The monoisotopic (exact) mass is 490 g/mol. The van der Waals surface area contributed by atoms with Crippen LogP contribution in [0.2, 0.25) is 0 Å². The van der Waals surface area contributed by atoms with E-state index in [1.807, 2.05) is 35.9 Å². The first-order valence-corrected chi connectivity index (χ1v) is 12.5. The highest BCUT2D eigenvalue weighted by Gasteiger charge is 2.34. The van der Waals surface area contributed by atoms with Crippen molar-refractivity contribution in [2.24, 2.45) is 5.92 Å². The Balaban J connectivity index is 1.82. The molecule has 0 saturated carbocycles. The van der Waals surface area contributed by atoms with Gasteiger partial charge in [0.25, 0.3) is 5.56 Å². The lowest BCUT2D eigenvalue weighted by atomic mass is 9.97. The molecule has 4 rings (SSSR count). The second kappa shape index (κ2) is 10.3. The Morgan fingerprint density at radius 3 is 2.50 bits per heavy atom. The quantitative estimate of drug-likeness (QED) is 0.335. The average molecular weight is 491 g/mol. The highest BCUT2D eigenvalue weighted by molar-refractivity contribution is 5.81. The van der Waals surface area contributed by atoms with E-state index >= 15 is 0 Å². The summed E-state index contributed by atoms with van der Waals surface area (Å²) >= 11 is 0. The highest BCUT2D eigenvalue weighted by Crippen LogP contribution is 2.33. The van der Waals surface area contributed by atoms with Gasteiger partial charge in [0.2, 0.25) is 0 Å². The SMILES string of the molecule is CCC(C)(C)n1nnnc1C(C(C)C)N(Cc1ccc(F)cc1)Cc1cc2cccc(C)c2[nH]c1=O. The predicted octanol–water partition coefficient (Wildman–Crippen LogP) is 5.51. The summed E-state index contributed by atoms with van der Waals surface area (Å²) in [4.78, 5) is 18.5. The number of aryl methyl sites for hydroxylation is 1. The molecule has 1 atom stereocenters. The third-order valence-electron chi connectivity index (χ3n) is 7.06. The van der Waals surface area contributed by atoms with Gasteiger partial charge in [0.05, 0.1) is 17.1 Å². The molecular formula is C28H35FN6O. The van der Waals surface area contributed by atoms with Crippen LogP contribution in [0.5, 0.6) is 0 Å². The maximum absolute atomic E-state index is 13.6. The minimum absolute atomic E-state index is 0.114. The number of halogens is 1. The molecule has 4 aromatic rings. The van der Waals surface area contributed by atoms with Crippen LogP contribution in [0.3, 0.4) is 0 Å². The van der Waals surface area contributed by atoms with Gasteiger partial charge in [0.1, 0.15) is 5.82 Å². The normalized spacial score (nSPS) is 13.1. The van der Waals surface area contributed by atoms with E-state index in [1.54, 1.807) is 12.1 Å². The number of nitrogens with zero attached hydrogens (tertiary/aromatic N) is 5. The molecule has 190 valence electrons. The molecule has 2 aromatic heterocycles. The Bertz CT molecular complexity index is 1390. The first-order chi connectivity index (χ1) is 17.1. The van der Waals surface area contributed by atoms with Crippen LogP contribution in [0.4, 0.5) is 4.39 Å². The molecule has 0 aliphatic carbocycles. The lowest BCUT2D eigenvalue weighted by Crippen LogP contribution is -2.38. The van der Waals surface area contributed by atoms with Crippen molar-refractivity contribution >= 4 is 10.9 Å². The number of benzene rings is 2. The van der Waals surface area contributed by atoms with Crippen molar-refractivity contribution < 1.29 is 4.39 Å². The zero-order chi connectivity index (χ0) is 26.0. The maximum Gasteiger partial charge on any atom is 0.252 e. The number of rotatable bonds is 9. The Kier molecular flexibility index (Phi) is 7.36. The molecule has 0 spiro atoms. The van der Waals surface area contributed by atoms with Gasteiger partial charge in [-0.15, -0.1) is 5.10 Å². The molecule has 0 amide bonds. The fourth-order valence-corrected chi connectivity index (χ4v) is 4.68. The average Bonchev–Trinajstić information content (AvgIpc) is 3.32. The van der Waals surface area contributed by atoms with Crippen LogP contribution in [-0.2, 0) is 18.6 Å². The molecule has 8 heteroatoms. The fourth-order valence-electron chi connectivity index (χ4n) is 4.68. The van der Waals surface area contributed by atoms with E-state index in [0.29, 0.717) is 18.7 Å². The summed E-state index contributed by atoms with van der Waals surface area (Å²) < 4.78 is 15.6. The summed E-state index contributed by atoms with van der Waals surface area (Å²) in [6.45, 7) is 13.5. The van der Waals surface area contributed by atoms with Gasteiger partial charge < -0.3 is 4.98 Å². The first kappa shape index (κ1) is 25.7. The van der Waals surface area contributed by atoms with Crippen LogP contribution in [0, 0.1) is 18.7 Å². The Labute approximate surface area is 211 Å². The number of aromatic amines is 1. The van der Waals surface area contributed by atoms with E-state index in [2.05, 4.69) is 60.0 Å². The Hall–Kier alpha value is -3.39. The van der Waals surface area contributed by atoms with E-state index in [1.165, 1.54) is 12.1 Å². The van der Waals surface area contributed by atoms with Crippen LogP contribution in [-0.4, -0.2) is 30.1 Å². The summed E-state index contributed by atoms with van der Waals surface area (Å²) in [6.07, 6.45) is 0.859. The summed E-state index contributed by atoms with van der Waals surface area (Å²) in [5.74, 6) is 0.623. The van der Waals surface area contributed by atoms with Gasteiger partial charge in [-0.1, -0.05) is 51.1 Å². The minimum atomic E-state index is -0.277. The molecule has 0 aliphatic rings. The van der Waals surface area contributed by atoms with Crippen LogP contribution in [0.25, 0.3) is 10.9 Å². The number of hydrogen-bond acceptors (Lipinski definition) is 5. The van der Waals surface area contributed by atoms with Crippen molar-refractivity contribution in [2.45, 2.75) is 72.6 Å². The van der Waals surface area contributed by atoms with Crippen molar-refractivity contribution in [2.75, 3.05) is 0 Å². The third-order valence-corrected chi connectivity index (χ3v) is 7.06. The van der Waals surface area contributed by atoms with E-state index in [0.717, 1.165) is 34.3 Å². The molecular weight excluding hydrogens is 455 g/mol. The van der Waals surface area contributed by atoms with Crippen LogP contribution >= 0.6 is 0 Å². The number of H-pyrrole nitrogens is 1. The first-order valence-electron chi connectivity index (χ1n) is 12.5. The summed E-state index contributed by atoms with van der Waals surface area (Å²) in [5.41, 5.74) is 3.10. The number of tetrazole rings is 1. The van der Waals surface area contributed by atoms with Crippen LogP contribution in [0.15, 0.2) is 53.3 Å². The van der Waals surface area contributed by atoms with Crippen LogP contribution in [0.1, 0.15) is 69.6 Å². The molecule has 7 nitrogen and oxygen atoms in total. The van der Waals surface area contributed by atoms with Crippen LogP contribution < -0.4 is 5.56 Å². The van der Waals surface area contributed by atoms with E-state index in [9.17, 15) is 9.18 Å².